The van der Waals surface area contributed by atoms with E-state index in [1.807, 2.05) is 5.38 Å². The minimum absolute atomic E-state index is 0.0536. The zero-order valence-corrected chi connectivity index (χ0v) is 16.9. The van der Waals surface area contributed by atoms with Crippen LogP contribution >= 0.6 is 11.3 Å². The van der Waals surface area contributed by atoms with Crippen molar-refractivity contribution in [3.63, 3.8) is 0 Å². The van der Waals surface area contributed by atoms with Gasteiger partial charge in [0, 0.05) is 18.2 Å². The molecule has 0 bridgehead atoms. The Kier molecular flexibility index (Phi) is 5.78. The van der Waals surface area contributed by atoms with Gasteiger partial charge < -0.3 is 19.1 Å². The largest absolute Gasteiger partial charge is 0.467 e. The van der Waals surface area contributed by atoms with Crippen molar-refractivity contribution in [1.29, 1.82) is 0 Å². The van der Waals surface area contributed by atoms with Gasteiger partial charge >= 0.3 is 5.97 Å². The van der Waals surface area contributed by atoms with Gasteiger partial charge in [-0.2, -0.15) is 0 Å². The van der Waals surface area contributed by atoms with Crippen molar-refractivity contribution >= 4 is 28.9 Å². The van der Waals surface area contributed by atoms with Gasteiger partial charge in [-0.1, -0.05) is 18.2 Å². The van der Waals surface area contributed by atoms with Gasteiger partial charge in [-0.05, 0) is 35.7 Å². The lowest BCUT2D eigenvalue weighted by molar-refractivity contribution is -0.0182. The molecule has 0 saturated heterocycles. The zero-order chi connectivity index (χ0) is 21.1. The molecule has 0 N–H and O–H groups in total. The molecule has 1 aliphatic heterocycles. The molecule has 0 unspecified atom stereocenters. The smallest absolute Gasteiger partial charge is 0.340 e. The maximum absolute atomic E-state index is 13.9. The van der Waals surface area contributed by atoms with Crippen LogP contribution in [0.1, 0.15) is 31.2 Å². The number of nitrogens with zero attached hydrogens (tertiary/aromatic N) is 1. The predicted molar refractivity (Wildman–Crippen MR) is 109 cm³/mol. The number of hydrogen-bond acceptors (Lipinski definition) is 6. The normalized spacial score (nSPS) is 12.6. The topological polar surface area (TPSA) is 65.1 Å². The lowest BCUT2D eigenvalue weighted by atomic mass is 10.1. The van der Waals surface area contributed by atoms with Crippen molar-refractivity contribution in [2.45, 2.75) is 13.2 Å². The molecule has 0 fully saturated rings. The molecule has 0 spiro atoms. The third-order valence-corrected chi connectivity index (χ3v) is 5.49. The van der Waals surface area contributed by atoms with Crippen LogP contribution in [-0.4, -0.2) is 25.7 Å². The molecule has 3 aromatic rings. The number of benzene rings is 2. The van der Waals surface area contributed by atoms with Gasteiger partial charge in [0.05, 0.1) is 22.7 Å². The molecule has 30 heavy (non-hydrogen) atoms. The molecule has 0 radical (unpaired) electrons. The van der Waals surface area contributed by atoms with Crippen LogP contribution in [0.2, 0.25) is 0 Å². The number of carbonyl (C=O) groups excluding carboxylic acids is 2. The fraction of sp³-hybridized carbons (Fsp3) is 0.182. The molecule has 2 heterocycles. The van der Waals surface area contributed by atoms with Gasteiger partial charge in [-0.25, -0.2) is 9.18 Å². The van der Waals surface area contributed by atoms with Crippen molar-refractivity contribution < 1.29 is 28.2 Å². The van der Waals surface area contributed by atoms with E-state index in [2.05, 4.69) is 0 Å². The van der Waals surface area contributed by atoms with E-state index in [9.17, 15) is 14.0 Å². The second-order valence-electron chi connectivity index (χ2n) is 6.60. The molecular weight excluding hydrogens is 409 g/mol. The van der Waals surface area contributed by atoms with Gasteiger partial charge in [0.25, 0.3) is 5.91 Å². The molecule has 6 nitrogen and oxygen atoms in total. The molecular formula is C22H18FNO5S. The number of halogens is 1. The molecule has 1 amide bonds. The minimum atomic E-state index is -0.624. The number of para-hydroxylation sites is 1. The lowest BCUT2D eigenvalue weighted by Gasteiger charge is -2.21. The van der Waals surface area contributed by atoms with E-state index in [1.165, 1.54) is 28.4 Å². The molecule has 0 atom stereocenters. The summed E-state index contributed by atoms with van der Waals surface area (Å²) in [5, 5.41) is 1.81. The quantitative estimate of drug-likeness (QED) is 0.565. The number of anilines is 1. The second-order valence-corrected chi connectivity index (χ2v) is 7.55. The Labute approximate surface area is 176 Å². The summed E-state index contributed by atoms with van der Waals surface area (Å²) in [5.41, 5.74) is 1.64. The van der Waals surface area contributed by atoms with E-state index in [0.717, 1.165) is 0 Å². The molecule has 0 saturated carbocycles. The van der Waals surface area contributed by atoms with Crippen LogP contribution < -0.4 is 9.64 Å². The maximum Gasteiger partial charge on any atom is 0.340 e. The van der Waals surface area contributed by atoms with Crippen molar-refractivity contribution in [2.24, 2.45) is 0 Å². The van der Waals surface area contributed by atoms with Crippen molar-refractivity contribution in [1.82, 2.24) is 0 Å². The molecule has 4 rings (SSSR count). The molecule has 0 aliphatic carbocycles. The molecule has 1 aromatic heterocycles. The van der Waals surface area contributed by atoms with Gasteiger partial charge in [0.1, 0.15) is 18.2 Å². The predicted octanol–water partition coefficient (Wildman–Crippen LogP) is 4.39. The molecule has 1 aliphatic rings. The Hall–Kier alpha value is -3.23. The van der Waals surface area contributed by atoms with Crippen LogP contribution in [0.5, 0.6) is 5.75 Å². The lowest BCUT2D eigenvalue weighted by Crippen LogP contribution is -2.27. The van der Waals surface area contributed by atoms with Crippen LogP contribution in [0.3, 0.4) is 0 Å². The van der Waals surface area contributed by atoms with Crippen molar-refractivity contribution in [3.05, 3.63) is 81.3 Å². The first-order valence-electron chi connectivity index (χ1n) is 9.14. The fourth-order valence-corrected chi connectivity index (χ4v) is 3.90. The Balaban J connectivity index is 1.54. The Morgan fingerprint density at radius 2 is 2.03 bits per heavy atom. The Morgan fingerprint density at radius 1 is 1.20 bits per heavy atom. The highest BCUT2D eigenvalue weighted by Gasteiger charge is 2.22. The van der Waals surface area contributed by atoms with E-state index < -0.39 is 11.8 Å². The summed E-state index contributed by atoms with van der Waals surface area (Å²) < 4.78 is 29.9. The number of amides is 1. The monoisotopic (exact) mass is 427 g/mol. The van der Waals surface area contributed by atoms with E-state index in [0.29, 0.717) is 27.4 Å². The highest BCUT2D eigenvalue weighted by atomic mass is 32.1. The third-order valence-electron chi connectivity index (χ3n) is 4.63. The number of carbonyl (C=O) groups is 2. The number of rotatable bonds is 5. The number of hydrogen-bond donors (Lipinski definition) is 0. The number of thiophene rings is 1. The number of ether oxygens (including phenoxy) is 3. The summed E-state index contributed by atoms with van der Waals surface area (Å²) in [6, 6.07) is 12.8. The summed E-state index contributed by atoms with van der Waals surface area (Å²) in [4.78, 5) is 27.4. The number of fused-ring (bicyclic) bond motifs is 1. The van der Waals surface area contributed by atoms with Crippen molar-refractivity contribution in [3.8, 4) is 5.75 Å². The fourth-order valence-electron chi connectivity index (χ4n) is 3.20. The van der Waals surface area contributed by atoms with Crippen LogP contribution in [0.4, 0.5) is 10.1 Å². The Morgan fingerprint density at radius 3 is 2.83 bits per heavy atom. The van der Waals surface area contributed by atoms with Gasteiger partial charge in [0.2, 0.25) is 0 Å². The SMILES string of the molecule is CN(C(=O)c1cccs1)c1ccccc1C(=O)OCc1cc(F)cc2c1OCOC2. The highest BCUT2D eigenvalue weighted by Crippen LogP contribution is 2.30. The van der Waals surface area contributed by atoms with Gasteiger partial charge in [-0.3, -0.25) is 4.79 Å². The van der Waals surface area contributed by atoms with Gasteiger partial charge in [0.15, 0.2) is 6.79 Å². The Bertz CT molecular complexity index is 1080. The van der Waals surface area contributed by atoms with Crippen LogP contribution in [0.15, 0.2) is 53.9 Å². The van der Waals surface area contributed by atoms with Gasteiger partial charge in [-0.15, -0.1) is 11.3 Å². The molecule has 8 heteroatoms. The first kappa shape index (κ1) is 20.1. The minimum Gasteiger partial charge on any atom is -0.467 e. The summed E-state index contributed by atoms with van der Waals surface area (Å²) >= 11 is 1.32. The summed E-state index contributed by atoms with van der Waals surface area (Å²) in [5.74, 6) is -0.844. The van der Waals surface area contributed by atoms with E-state index in [-0.39, 0.29) is 31.5 Å². The van der Waals surface area contributed by atoms with Crippen LogP contribution in [0, 0.1) is 5.82 Å². The van der Waals surface area contributed by atoms with E-state index >= 15 is 0 Å². The van der Waals surface area contributed by atoms with E-state index in [1.54, 1.807) is 43.4 Å². The first-order valence-corrected chi connectivity index (χ1v) is 10.0. The zero-order valence-electron chi connectivity index (χ0n) is 16.1. The molecule has 2 aromatic carbocycles. The second kappa shape index (κ2) is 8.64. The summed E-state index contributed by atoms with van der Waals surface area (Å²) in [7, 11) is 1.60. The third kappa shape index (κ3) is 4.05. The molecule has 154 valence electrons. The highest BCUT2D eigenvalue weighted by molar-refractivity contribution is 7.12. The van der Waals surface area contributed by atoms with Crippen LogP contribution in [-0.2, 0) is 22.7 Å². The number of esters is 1. The van der Waals surface area contributed by atoms with Crippen molar-refractivity contribution in [2.75, 3.05) is 18.7 Å². The summed E-state index contributed by atoms with van der Waals surface area (Å²) in [6.45, 7) is 0.111. The maximum atomic E-state index is 13.9. The summed E-state index contributed by atoms with van der Waals surface area (Å²) in [6.07, 6.45) is 0. The average Bonchev–Trinajstić information content (AvgIpc) is 3.31. The average molecular weight is 427 g/mol. The van der Waals surface area contributed by atoms with E-state index in [4.69, 9.17) is 14.2 Å². The first-order chi connectivity index (χ1) is 14.5. The van der Waals surface area contributed by atoms with Crippen LogP contribution in [0.25, 0.3) is 0 Å². The standard InChI is InChI=1S/C22H18FNO5S/c1-24(21(25)19-7-4-8-30-19)18-6-3-2-5-17(18)22(26)28-12-15-10-16(23)9-14-11-27-13-29-20(14)15/h2-10H,11-13H2,1H3.